The Bertz CT molecular complexity index is 472. The SMILES string of the molecule is O=C(CC1CC2CCC1C2)NCc1cccc(O)c1. The monoisotopic (exact) mass is 259 g/mol. The Labute approximate surface area is 114 Å². The second kappa shape index (κ2) is 5.24. The van der Waals surface area contributed by atoms with Crippen LogP contribution in [-0.4, -0.2) is 11.0 Å². The van der Waals surface area contributed by atoms with Crippen molar-refractivity contribution in [3.63, 3.8) is 0 Å². The van der Waals surface area contributed by atoms with Crippen LogP contribution in [0.25, 0.3) is 0 Å². The first-order chi connectivity index (χ1) is 9.20. The van der Waals surface area contributed by atoms with Crippen molar-refractivity contribution < 1.29 is 9.90 Å². The number of aromatic hydroxyl groups is 1. The number of amides is 1. The van der Waals surface area contributed by atoms with Gasteiger partial charge in [-0.05, 0) is 54.7 Å². The van der Waals surface area contributed by atoms with Gasteiger partial charge in [-0.2, -0.15) is 0 Å². The number of carbonyl (C=O) groups is 1. The Balaban J connectivity index is 1.47. The first-order valence-corrected chi connectivity index (χ1v) is 7.25. The van der Waals surface area contributed by atoms with Crippen molar-refractivity contribution in [3.05, 3.63) is 29.8 Å². The smallest absolute Gasteiger partial charge is 0.220 e. The highest BCUT2D eigenvalue weighted by atomic mass is 16.3. The molecule has 0 aromatic heterocycles. The van der Waals surface area contributed by atoms with E-state index in [9.17, 15) is 9.90 Å². The van der Waals surface area contributed by atoms with E-state index in [-0.39, 0.29) is 11.7 Å². The lowest BCUT2D eigenvalue weighted by molar-refractivity contribution is -0.122. The van der Waals surface area contributed by atoms with Gasteiger partial charge in [-0.3, -0.25) is 4.79 Å². The largest absolute Gasteiger partial charge is 0.508 e. The normalized spacial score (nSPS) is 28.5. The van der Waals surface area contributed by atoms with Crippen LogP contribution >= 0.6 is 0 Å². The van der Waals surface area contributed by atoms with Crippen molar-refractivity contribution in [2.24, 2.45) is 17.8 Å². The van der Waals surface area contributed by atoms with Crippen LogP contribution in [0.2, 0.25) is 0 Å². The van der Waals surface area contributed by atoms with Crippen molar-refractivity contribution in [2.75, 3.05) is 0 Å². The number of rotatable bonds is 4. The van der Waals surface area contributed by atoms with Crippen LogP contribution in [0, 0.1) is 17.8 Å². The summed E-state index contributed by atoms with van der Waals surface area (Å²) in [6.45, 7) is 0.508. The number of phenols is 1. The first kappa shape index (κ1) is 12.5. The third-order valence-electron chi connectivity index (χ3n) is 4.73. The van der Waals surface area contributed by atoms with Crippen molar-refractivity contribution in [1.82, 2.24) is 5.32 Å². The van der Waals surface area contributed by atoms with Crippen molar-refractivity contribution in [1.29, 1.82) is 0 Å². The zero-order valence-corrected chi connectivity index (χ0v) is 11.1. The molecule has 2 aliphatic carbocycles. The number of hydrogen-bond acceptors (Lipinski definition) is 2. The van der Waals surface area contributed by atoms with Crippen LogP contribution in [0.15, 0.2) is 24.3 Å². The molecular weight excluding hydrogens is 238 g/mol. The summed E-state index contributed by atoms with van der Waals surface area (Å²) < 4.78 is 0. The standard InChI is InChI=1S/C16H21NO2/c18-15-3-1-2-12(8-15)10-17-16(19)9-14-7-11-4-5-13(14)6-11/h1-3,8,11,13-14,18H,4-7,9-10H2,(H,17,19). The maximum atomic E-state index is 12.0. The summed E-state index contributed by atoms with van der Waals surface area (Å²) in [5.74, 6) is 2.72. The van der Waals surface area contributed by atoms with E-state index in [0.717, 1.165) is 17.4 Å². The zero-order chi connectivity index (χ0) is 13.2. The fourth-order valence-corrected chi connectivity index (χ4v) is 3.80. The predicted molar refractivity (Wildman–Crippen MR) is 73.5 cm³/mol. The number of hydrogen-bond donors (Lipinski definition) is 2. The molecule has 3 rings (SSSR count). The topological polar surface area (TPSA) is 49.3 Å². The van der Waals surface area contributed by atoms with E-state index < -0.39 is 0 Å². The van der Waals surface area contributed by atoms with E-state index in [1.165, 1.54) is 25.7 Å². The maximum absolute atomic E-state index is 12.0. The minimum Gasteiger partial charge on any atom is -0.508 e. The number of benzene rings is 1. The maximum Gasteiger partial charge on any atom is 0.220 e. The highest BCUT2D eigenvalue weighted by Gasteiger charge is 2.39. The predicted octanol–water partition coefficient (Wildman–Crippen LogP) is 2.83. The van der Waals surface area contributed by atoms with Gasteiger partial charge in [0.2, 0.25) is 5.91 Å². The molecule has 1 amide bonds. The van der Waals surface area contributed by atoms with Gasteiger partial charge in [-0.25, -0.2) is 0 Å². The van der Waals surface area contributed by atoms with Crippen molar-refractivity contribution in [2.45, 2.75) is 38.6 Å². The molecule has 3 heteroatoms. The lowest BCUT2D eigenvalue weighted by atomic mass is 9.86. The molecule has 0 radical (unpaired) electrons. The van der Waals surface area contributed by atoms with Gasteiger partial charge in [0.05, 0.1) is 0 Å². The quantitative estimate of drug-likeness (QED) is 0.873. The Kier molecular flexibility index (Phi) is 3.45. The van der Waals surface area contributed by atoms with Crippen LogP contribution in [-0.2, 0) is 11.3 Å². The molecule has 3 nitrogen and oxygen atoms in total. The van der Waals surface area contributed by atoms with Gasteiger partial charge in [0, 0.05) is 13.0 Å². The van der Waals surface area contributed by atoms with E-state index in [1.54, 1.807) is 18.2 Å². The summed E-state index contributed by atoms with van der Waals surface area (Å²) in [7, 11) is 0. The van der Waals surface area contributed by atoms with Gasteiger partial charge in [-0.15, -0.1) is 0 Å². The minimum absolute atomic E-state index is 0.154. The molecule has 19 heavy (non-hydrogen) atoms. The molecule has 3 atom stereocenters. The molecule has 0 heterocycles. The molecule has 0 aliphatic heterocycles. The molecule has 102 valence electrons. The van der Waals surface area contributed by atoms with Gasteiger partial charge in [0.15, 0.2) is 0 Å². The first-order valence-electron chi connectivity index (χ1n) is 7.25. The van der Waals surface area contributed by atoms with E-state index in [0.29, 0.717) is 18.9 Å². The molecule has 3 unspecified atom stereocenters. The Morgan fingerprint density at radius 1 is 1.32 bits per heavy atom. The fraction of sp³-hybridized carbons (Fsp3) is 0.562. The fourth-order valence-electron chi connectivity index (χ4n) is 3.80. The van der Waals surface area contributed by atoms with Gasteiger partial charge < -0.3 is 10.4 Å². The second-order valence-electron chi connectivity index (χ2n) is 6.09. The lowest BCUT2D eigenvalue weighted by Crippen LogP contribution is -2.26. The molecule has 2 fully saturated rings. The van der Waals surface area contributed by atoms with Crippen molar-refractivity contribution in [3.8, 4) is 5.75 Å². The van der Waals surface area contributed by atoms with Crippen LogP contribution < -0.4 is 5.32 Å². The number of carbonyl (C=O) groups excluding carboxylic acids is 1. The molecule has 1 aromatic rings. The molecule has 2 N–H and O–H groups in total. The Morgan fingerprint density at radius 3 is 2.89 bits per heavy atom. The summed E-state index contributed by atoms with van der Waals surface area (Å²) in [4.78, 5) is 12.0. The van der Waals surface area contributed by atoms with E-state index in [2.05, 4.69) is 5.32 Å². The third kappa shape index (κ3) is 2.91. The van der Waals surface area contributed by atoms with E-state index >= 15 is 0 Å². The number of fused-ring (bicyclic) bond motifs is 2. The Hall–Kier alpha value is -1.51. The highest BCUT2D eigenvalue weighted by molar-refractivity contribution is 5.76. The number of phenolic OH excluding ortho intramolecular Hbond substituents is 1. The van der Waals surface area contributed by atoms with Gasteiger partial charge in [0.25, 0.3) is 0 Å². The van der Waals surface area contributed by atoms with Gasteiger partial charge >= 0.3 is 0 Å². The average molecular weight is 259 g/mol. The molecular formula is C16H21NO2. The van der Waals surface area contributed by atoms with Crippen LogP contribution in [0.3, 0.4) is 0 Å². The average Bonchev–Trinajstić information content (AvgIpc) is 2.99. The zero-order valence-electron chi connectivity index (χ0n) is 11.1. The molecule has 2 bridgehead atoms. The third-order valence-corrected chi connectivity index (χ3v) is 4.73. The summed E-state index contributed by atoms with van der Waals surface area (Å²) in [5.41, 5.74) is 0.946. The molecule has 1 aromatic carbocycles. The number of nitrogens with one attached hydrogen (secondary N) is 1. The minimum atomic E-state index is 0.154. The van der Waals surface area contributed by atoms with Gasteiger partial charge in [-0.1, -0.05) is 18.6 Å². The summed E-state index contributed by atoms with van der Waals surface area (Å²) in [6.07, 6.45) is 6.00. The molecule has 0 saturated heterocycles. The Morgan fingerprint density at radius 2 is 2.21 bits per heavy atom. The molecule has 2 aliphatic rings. The molecule has 2 saturated carbocycles. The van der Waals surface area contributed by atoms with E-state index in [1.807, 2.05) is 6.07 Å². The summed E-state index contributed by atoms with van der Waals surface area (Å²) >= 11 is 0. The summed E-state index contributed by atoms with van der Waals surface area (Å²) in [5, 5.41) is 12.3. The second-order valence-corrected chi connectivity index (χ2v) is 6.09. The van der Waals surface area contributed by atoms with Crippen LogP contribution in [0.4, 0.5) is 0 Å². The summed E-state index contributed by atoms with van der Waals surface area (Å²) in [6, 6.07) is 7.04. The van der Waals surface area contributed by atoms with E-state index in [4.69, 9.17) is 0 Å². The van der Waals surface area contributed by atoms with Crippen LogP contribution in [0.5, 0.6) is 5.75 Å². The lowest BCUT2D eigenvalue weighted by Gasteiger charge is -2.20. The van der Waals surface area contributed by atoms with Crippen molar-refractivity contribution >= 4 is 5.91 Å². The highest BCUT2D eigenvalue weighted by Crippen LogP contribution is 2.49. The van der Waals surface area contributed by atoms with Gasteiger partial charge in [0.1, 0.15) is 5.75 Å². The van der Waals surface area contributed by atoms with Crippen LogP contribution in [0.1, 0.15) is 37.7 Å². The molecule has 0 spiro atoms.